The van der Waals surface area contributed by atoms with Crippen molar-refractivity contribution in [2.75, 3.05) is 65.9 Å². The van der Waals surface area contributed by atoms with Crippen LogP contribution in [0.3, 0.4) is 0 Å². The van der Waals surface area contributed by atoms with Crippen molar-refractivity contribution in [1.82, 2.24) is 21.3 Å². The molecular formula is C73H140N4O19P2. The predicted molar refractivity (Wildman–Crippen MR) is 387 cm³/mol. The minimum atomic E-state index is -4.80. The highest BCUT2D eigenvalue weighted by atomic mass is 31.2. The molecule has 7 atom stereocenters. The smallest absolute Gasteiger partial charge is 0.462 e. The van der Waals surface area contributed by atoms with Crippen molar-refractivity contribution < 1.29 is 90.2 Å². The molecule has 0 rings (SSSR count). The molecule has 0 aromatic rings. The maximum atomic E-state index is 13.7. The van der Waals surface area contributed by atoms with Gasteiger partial charge in [-0.2, -0.15) is 0 Å². The predicted octanol–water partition coefficient (Wildman–Crippen LogP) is 14.9. The number of ether oxygens (including phenoxy) is 3. The molecular weight excluding hydrogens is 1300 g/mol. The summed E-state index contributed by atoms with van der Waals surface area (Å²) >= 11 is 0. The maximum Gasteiger partial charge on any atom is 0.472 e. The number of phosphoric acid groups is 2. The van der Waals surface area contributed by atoms with Gasteiger partial charge >= 0.3 is 21.6 Å². The molecule has 0 aliphatic heterocycles. The number of aliphatic hydroxyl groups is 2. The first-order valence-corrected chi connectivity index (χ1v) is 41.5. The van der Waals surface area contributed by atoms with Crippen LogP contribution in [0.2, 0.25) is 0 Å². The highest BCUT2D eigenvalue weighted by Crippen LogP contribution is 2.44. The van der Waals surface area contributed by atoms with Crippen molar-refractivity contribution >= 4 is 51.0 Å². The number of carbonyl (C=O) groups is 6. The normalized spacial score (nSPS) is 14.5. The number of phosphoric ester groups is 2. The first-order chi connectivity index (χ1) is 47.3. The topological polar surface area (TPSA) is 330 Å². The van der Waals surface area contributed by atoms with Crippen molar-refractivity contribution in [2.24, 2.45) is 0 Å². The second kappa shape index (κ2) is 67.0. The molecule has 98 heavy (non-hydrogen) atoms. The van der Waals surface area contributed by atoms with Crippen molar-refractivity contribution in [1.29, 1.82) is 0 Å². The van der Waals surface area contributed by atoms with Gasteiger partial charge in [0.05, 0.1) is 76.8 Å². The van der Waals surface area contributed by atoms with E-state index >= 15 is 0 Å². The van der Waals surface area contributed by atoms with Gasteiger partial charge in [0.15, 0.2) is 0 Å². The van der Waals surface area contributed by atoms with Crippen LogP contribution < -0.4 is 21.3 Å². The Kier molecular flexibility index (Phi) is 64.8. The fourth-order valence-electron chi connectivity index (χ4n) is 10.9. The largest absolute Gasteiger partial charge is 0.472 e. The fourth-order valence-corrected chi connectivity index (χ4v) is 12.4. The average Bonchev–Trinajstić information content (AvgIpc) is 1.04. The van der Waals surface area contributed by atoms with Gasteiger partial charge in [0.25, 0.3) is 0 Å². The number of nitrogens with one attached hydrogen (secondary N) is 4. The lowest BCUT2D eigenvalue weighted by Crippen LogP contribution is -2.43. The highest BCUT2D eigenvalue weighted by Gasteiger charge is 2.28. The van der Waals surface area contributed by atoms with E-state index in [9.17, 15) is 57.9 Å². The second-order valence-corrected chi connectivity index (χ2v) is 29.4. The first-order valence-electron chi connectivity index (χ1n) is 38.5. The third-order valence-electron chi connectivity index (χ3n) is 16.8. The van der Waals surface area contributed by atoms with E-state index in [0.29, 0.717) is 44.9 Å². The number of Topliss-reactive ketones (excluding diaryl/α,β-unsaturated/α-hetero) is 1. The molecule has 0 saturated carbocycles. The number of aliphatic hydroxyl groups excluding tert-OH is 2. The Balaban J connectivity index is 5.45. The number of rotatable bonds is 74. The number of esters is 1. The molecule has 0 saturated heterocycles. The van der Waals surface area contributed by atoms with Gasteiger partial charge in [-0.25, -0.2) is 9.13 Å². The number of hydrogen-bond donors (Lipinski definition) is 8. The maximum absolute atomic E-state index is 13.7. The third kappa shape index (κ3) is 64.9. The zero-order valence-electron chi connectivity index (χ0n) is 61.7. The monoisotopic (exact) mass is 1440 g/mol. The van der Waals surface area contributed by atoms with Crippen LogP contribution in [0.15, 0.2) is 12.2 Å². The van der Waals surface area contributed by atoms with Crippen molar-refractivity contribution in [2.45, 2.75) is 354 Å². The molecule has 0 spiro atoms. The summed E-state index contributed by atoms with van der Waals surface area (Å²) in [5, 5.41) is 31.3. The van der Waals surface area contributed by atoms with Crippen LogP contribution in [0.4, 0.5) is 0 Å². The van der Waals surface area contributed by atoms with Crippen LogP contribution in [0.25, 0.3) is 0 Å². The summed E-state index contributed by atoms with van der Waals surface area (Å²) in [5.41, 5.74) is 0. The van der Waals surface area contributed by atoms with Gasteiger partial charge in [0.1, 0.15) is 18.3 Å². The van der Waals surface area contributed by atoms with Crippen LogP contribution in [0, 0.1) is 0 Å². The van der Waals surface area contributed by atoms with E-state index in [0.717, 1.165) is 128 Å². The Hall–Kier alpha value is -3.18. The Bertz CT molecular complexity index is 2100. The molecule has 4 amide bonds. The standard InChI is InChI=1S/C73H140N4O19P2/c1-6-11-16-21-24-27-30-35-40-45-67(80)56-71(83)76-63(59-90-52-48-65(78)43-38-33-19-14-9-4)61-94-97(86,87)92-54-50-74-69(81)58-70(82)75-51-55-93-98(88,89)95-62-64(60-91-53-49-66(79)44-39-34-20-15-10-5)77-72(84)57-68(46-41-36-31-28-25-22-17-12-7-2)96-73(85)47-42-37-32-29-26-23-18-13-8-3/h29,32,63-66,68,78-79H,6-28,30-31,33-62H2,1-5H3,(H,74,81)(H,75,82)(H,76,83)(H,77,84)(H,86,87)(H,88,89)/b32-29+/t63?,64?,65-,66-,68?/m1/s1. The minimum absolute atomic E-state index is 0.143. The molecule has 0 bridgehead atoms. The average molecular weight is 1440 g/mol. The van der Waals surface area contributed by atoms with Crippen molar-refractivity contribution in [3.63, 3.8) is 0 Å². The summed E-state index contributed by atoms with van der Waals surface area (Å²) in [6.07, 6.45) is 41.5. The van der Waals surface area contributed by atoms with E-state index < -0.39 is 103 Å². The van der Waals surface area contributed by atoms with Gasteiger partial charge in [-0.3, -0.25) is 46.9 Å². The van der Waals surface area contributed by atoms with Crippen LogP contribution in [0.5, 0.6) is 0 Å². The summed E-state index contributed by atoms with van der Waals surface area (Å²) in [6.45, 7) is 8.15. The molecule has 0 fully saturated rings. The van der Waals surface area contributed by atoms with E-state index in [1.165, 1.54) is 83.5 Å². The Morgan fingerprint density at radius 3 is 1.20 bits per heavy atom. The molecule has 5 unspecified atom stereocenters. The molecule has 8 N–H and O–H groups in total. The Morgan fingerprint density at radius 2 is 0.765 bits per heavy atom. The van der Waals surface area contributed by atoms with E-state index in [2.05, 4.69) is 68.0 Å². The SMILES string of the molecule is CCCCCC/C=C/CCCC(=O)OC(CCCCCCCCCCC)CC(=O)NC(COCC[C@H](O)CCCCCCC)COP(=O)(O)OCCNC(=O)CC(=O)NCCOP(=O)(O)OCC(COCC[C@H](O)CCCCCCC)NC(=O)CC(=O)CCCCCCCCCCC. The molecule has 23 nitrogen and oxygen atoms in total. The quantitative estimate of drug-likeness (QED) is 0.00922. The van der Waals surface area contributed by atoms with Crippen LogP contribution >= 0.6 is 15.6 Å². The lowest BCUT2D eigenvalue weighted by atomic mass is 10.0. The van der Waals surface area contributed by atoms with E-state index in [1.54, 1.807) is 0 Å². The zero-order valence-corrected chi connectivity index (χ0v) is 63.5. The zero-order chi connectivity index (χ0) is 72.4. The molecule has 0 aliphatic rings. The summed E-state index contributed by atoms with van der Waals surface area (Å²) in [4.78, 5) is 98.9. The Morgan fingerprint density at radius 1 is 0.388 bits per heavy atom. The summed E-state index contributed by atoms with van der Waals surface area (Å²) in [5.74, 6) is -3.24. The van der Waals surface area contributed by atoms with E-state index in [4.69, 9.17) is 32.3 Å². The fraction of sp³-hybridized carbons (Fsp3) is 0.890. The van der Waals surface area contributed by atoms with Gasteiger partial charge in [0, 0.05) is 39.1 Å². The number of allylic oxidation sites excluding steroid dienone is 2. The minimum Gasteiger partial charge on any atom is -0.462 e. The van der Waals surface area contributed by atoms with Gasteiger partial charge in [0.2, 0.25) is 23.6 Å². The van der Waals surface area contributed by atoms with Gasteiger partial charge in [-0.1, -0.05) is 233 Å². The summed E-state index contributed by atoms with van der Waals surface area (Å²) in [6, 6.07) is -1.91. The lowest BCUT2D eigenvalue weighted by molar-refractivity contribution is -0.151. The molecule has 0 radical (unpaired) electrons. The van der Waals surface area contributed by atoms with Crippen LogP contribution in [0.1, 0.15) is 324 Å². The second-order valence-electron chi connectivity index (χ2n) is 26.5. The van der Waals surface area contributed by atoms with E-state index in [-0.39, 0.29) is 77.0 Å². The molecule has 0 heterocycles. The first kappa shape index (κ1) is 94.8. The summed E-state index contributed by atoms with van der Waals surface area (Å²) in [7, 11) is -9.57. The van der Waals surface area contributed by atoms with Crippen molar-refractivity contribution in [3.8, 4) is 0 Å². The number of unbranched alkanes of at least 4 members (excludes halogenated alkanes) is 29. The number of amides is 4. The van der Waals surface area contributed by atoms with Gasteiger partial charge in [-0.05, 0) is 70.6 Å². The van der Waals surface area contributed by atoms with Crippen LogP contribution in [-0.2, 0) is 70.2 Å². The van der Waals surface area contributed by atoms with Crippen LogP contribution in [-0.4, -0.2) is 152 Å². The molecule has 0 aromatic carbocycles. The third-order valence-corrected chi connectivity index (χ3v) is 18.8. The molecule has 0 aromatic heterocycles. The number of ketones is 1. The van der Waals surface area contributed by atoms with Gasteiger partial charge in [-0.15, -0.1) is 0 Å². The number of hydrogen-bond acceptors (Lipinski definition) is 17. The summed E-state index contributed by atoms with van der Waals surface area (Å²) < 4.78 is 64.2. The Labute approximate surface area is 592 Å². The molecule has 0 aliphatic carbocycles. The lowest BCUT2D eigenvalue weighted by Gasteiger charge is -2.23. The van der Waals surface area contributed by atoms with Gasteiger partial charge < -0.3 is 55.5 Å². The van der Waals surface area contributed by atoms with Crippen molar-refractivity contribution in [3.05, 3.63) is 12.2 Å². The highest BCUT2D eigenvalue weighted by molar-refractivity contribution is 7.47. The molecule has 576 valence electrons. The van der Waals surface area contributed by atoms with E-state index in [1.807, 2.05) is 0 Å². The molecule has 25 heteroatoms. The number of carbonyl (C=O) groups excluding carboxylic acids is 6.